The Bertz CT molecular complexity index is 818. The van der Waals surface area contributed by atoms with Crippen molar-refractivity contribution in [1.29, 1.82) is 0 Å². The SMILES string of the molecule is COc1ccccc1/C=N/n1c(-c2ccco2)n[nH]c1=S. The van der Waals surface area contributed by atoms with Gasteiger partial charge in [-0.1, -0.05) is 12.1 Å². The predicted octanol–water partition coefficient (Wildman–Crippen LogP) is 3.09. The molecule has 3 aromatic rings. The molecule has 0 bridgehead atoms. The number of para-hydroxylation sites is 1. The Kier molecular flexibility index (Phi) is 3.65. The van der Waals surface area contributed by atoms with Crippen LogP contribution in [0.1, 0.15) is 5.56 Å². The quantitative estimate of drug-likeness (QED) is 0.594. The molecule has 1 aromatic carbocycles. The van der Waals surface area contributed by atoms with Crippen molar-refractivity contribution >= 4 is 18.4 Å². The van der Waals surface area contributed by atoms with E-state index in [0.717, 1.165) is 11.3 Å². The predicted molar refractivity (Wildman–Crippen MR) is 81.1 cm³/mol. The molecule has 0 fully saturated rings. The van der Waals surface area contributed by atoms with Crippen LogP contribution >= 0.6 is 12.2 Å². The van der Waals surface area contributed by atoms with Gasteiger partial charge in [0.25, 0.3) is 0 Å². The number of aromatic amines is 1. The highest BCUT2D eigenvalue weighted by Crippen LogP contribution is 2.18. The first-order valence-corrected chi connectivity index (χ1v) is 6.59. The number of rotatable bonds is 4. The van der Waals surface area contributed by atoms with Crippen molar-refractivity contribution in [2.45, 2.75) is 0 Å². The van der Waals surface area contributed by atoms with Crippen LogP contribution in [0.25, 0.3) is 11.6 Å². The molecule has 0 unspecified atom stereocenters. The molecule has 1 N–H and O–H groups in total. The summed E-state index contributed by atoms with van der Waals surface area (Å²) in [6.45, 7) is 0. The third kappa shape index (κ3) is 2.63. The molecule has 0 amide bonds. The van der Waals surface area contributed by atoms with E-state index in [-0.39, 0.29) is 0 Å². The van der Waals surface area contributed by atoms with Crippen LogP contribution in [0.3, 0.4) is 0 Å². The van der Waals surface area contributed by atoms with Crippen LogP contribution in [-0.4, -0.2) is 28.2 Å². The summed E-state index contributed by atoms with van der Waals surface area (Å²) >= 11 is 5.18. The maximum Gasteiger partial charge on any atom is 0.219 e. The standard InChI is InChI=1S/C14H12N4O2S/c1-19-11-6-3-2-5-10(11)9-15-18-13(16-17-14(18)21)12-7-4-8-20-12/h2-9H,1H3,(H,17,21)/b15-9+. The van der Waals surface area contributed by atoms with Crippen molar-refractivity contribution in [1.82, 2.24) is 14.9 Å². The first-order valence-electron chi connectivity index (χ1n) is 6.18. The number of aromatic nitrogens is 3. The molecule has 0 atom stereocenters. The van der Waals surface area contributed by atoms with Crippen LogP contribution in [0, 0.1) is 4.77 Å². The minimum Gasteiger partial charge on any atom is -0.496 e. The van der Waals surface area contributed by atoms with Crippen LogP contribution < -0.4 is 4.74 Å². The van der Waals surface area contributed by atoms with E-state index in [2.05, 4.69) is 15.3 Å². The molecule has 0 aliphatic heterocycles. The Labute approximate surface area is 125 Å². The van der Waals surface area contributed by atoms with Gasteiger partial charge in [0.05, 0.1) is 19.6 Å². The van der Waals surface area contributed by atoms with Crippen LogP contribution in [0.2, 0.25) is 0 Å². The summed E-state index contributed by atoms with van der Waals surface area (Å²) < 4.78 is 12.5. The fourth-order valence-electron chi connectivity index (χ4n) is 1.86. The summed E-state index contributed by atoms with van der Waals surface area (Å²) in [7, 11) is 1.62. The van der Waals surface area contributed by atoms with Gasteiger partial charge in [-0.05, 0) is 36.5 Å². The molecule has 3 rings (SSSR count). The summed E-state index contributed by atoms with van der Waals surface area (Å²) in [5.74, 6) is 1.83. The van der Waals surface area contributed by atoms with Crippen molar-refractivity contribution in [3.63, 3.8) is 0 Å². The largest absolute Gasteiger partial charge is 0.496 e. The maximum absolute atomic E-state index is 5.32. The minimum atomic E-state index is 0.382. The van der Waals surface area contributed by atoms with E-state index >= 15 is 0 Å². The molecule has 21 heavy (non-hydrogen) atoms. The Morgan fingerprint density at radius 1 is 1.33 bits per heavy atom. The van der Waals surface area contributed by atoms with Crippen LogP contribution in [0.15, 0.2) is 52.2 Å². The van der Waals surface area contributed by atoms with Gasteiger partial charge < -0.3 is 9.15 Å². The van der Waals surface area contributed by atoms with Gasteiger partial charge in [0.15, 0.2) is 5.76 Å². The van der Waals surface area contributed by atoms with E-state index in [0.29, 0.717) is 16.4 Å². The van der Waals surface area contributed by atoms with Gasteiger partial charge in [-0.3, -0.25) is 0 Å². The number of hydrogen-bond donors (Lipinski definition) is 1. The van der Waals surface area contributed by atoms with Crippen molar-refractivity contribution < 1.29 is 9.15 Å². The number of hydrogen-bond acceptors (Lipinski definition) is 5. The summed E-state index contributed by atoms with van der Waals surface area (Å²) in [4.78, 5) is 0. The molecule has 0 spiro atoms. The first-order chi connectivity index (χ1) is 10.3. The summed E-state index contributed by atoms with van der Waals surface area (Å²) in [5, 5.41) is 11.2. The molecule has 106 valence electrons. The second-order valence-corrected chi connectivity index (χ2v) is 4.51. The van der Waals surface area contributed by atoms with Crippen molar-refractivity contribution in [2.24, 2.45) is 5.10 Å². The zero-order valence-corrected chi connectivity index (χ0v) is 12.0. The Hall–Kier alpha value is -2.67. The van der Waals surface area contributed by atoms with Gasteiger partial charge in [0, 0.05) is 5.56 Å². The molecular weight excluding hydrogens is 288 g/mol. The second-order valence-electron chi connectivity index (χ2n) is 4.13. The normalized spacial score (nSPS) is 11.1. The van der Waals surface area contributed by atoms with E-state index in [1.54, 1.807) is 31.7 Å². The van der Waals surface area contributed by atoms with Gasteiger partial charge in [-0.15, -0.1) is 5.10 Å². The molecule has 7 heteroatoms. The van der Waals surface area contributed by atoms with Gasteiger partial charge >= 0.3 is 0 Å². The van der Waals surface area contributed by atoms with E-state index < -0.39 is 0 Å². The monoisotopic (exact) mass is 300 g/mol. The van der Waals surface area contributed by atoms with Crippen molar-refractivity contribution in [3.8, 4) is 17.3 Å². The van der Waals surface area contributed by atoms with E-state index in [4.69, 9.17) is 21.4 Å². The van der Waals surface area contributed by atoms with Crippen molar-refractivity contribution in [3.05, 3.63) is 53.0 Å². The number of ether oxygens (including phenoxy) is 1. The summed E-state index contributed by atoms with van der Waals surface area (Å²) in [6.07, 6.45) is 3.23. The number of nitrogens with zero attached hydrogens (tertiary/aromatic N) is 3. The Balaban J connectivity index is 2.01. The molecule has 6 nitrogen and oxygen atoms in total. The molecule has 2 heterocycles. The van der Waals surface area contributed by atoms with Gasteiger partial charge in [0.1, 0.15) is 5.75 Å². The smallest absolute Gasteiger partial charge is 0.219 e. The highest BCUT2D eigenvalue weighted by Gasteiger charge is 2.10. The molecule has 2 aromatic heterocycles. The third-order valence-corrected chi connectivity index (χ3v) is 3.11. The molecule has 0 aliphatic rings. The molecular formula is C14H12N4O2S. The van der Waals surface area contributed by atoms with E-state index in [9.17, 15) is 0 Å². The molecule has 0 radical (unpaired) electrons. The van der Waals surface area contributed by atoms with Gasteiger partial charge in [-0.25, -0.2) is 5.10 Å². The number of nitrogens with one attached hydrogen (secondary N) is 1. The second kappa shape index (κ2) is 5.76. The average molecular weight is 300 g/mol. The lowest BCUT2D eigenvalue weighted by Gasteiger charge is -2.03. The van der Waals surface area contributed by atoms with Crippen molar-refractivity contribution in [2.75, 3.05) is 7.11 Å². The number of benzene rings is 1. The molecule has 0 saturated heterocycles. The Morgan fingerprint density at radius 2 is 2.19 bits per heavy atom. The molecule has 0 aliphatic carbocycles. The van der Waals surface area contributed by atoms with Gasteiger partial charge in [-0.2, -0.15) is 9.78 Å². The lowest BCUT2D eigenvalue weighted by atomic mass is 10.2. The minimum absolute atomic E-state index is 0.382. The third-order valence-electron chi connectivity index (χ3n) is 2.84. The fraction of sp³-hybridized carbons (Fsp3) is 0.0714. The van der Waals surface area contributed by atoms with Crippen LogP contribution in [-0.2, 0) is 0 Å². The van der Waals surface area contributed by atoms with Crippen LogP contribution in [0.4, 0.5) is 0 Å². The summed E-state index contributed by atoms with van der Waals surface area (Å²) in [5.41, 5.74) is 0.841. The summed E-state index contributed by atoms with van der Waals surface area (Å²) in [6, 6.07) is 11.1. The average Bonchev–Trinajstić information content (AvgIpc) is 3.15. The fourth-order valence-corrected chi connectivity index (χ4v) is 2.04. The van der Waals surface area contributed by atoms with Crippen LogP contribution in [0.5, 0.6) is 5.75 Å². The Morgan fingerprint density at radius 3 is 2.95 bits per heavy atom. The zero-order valence-electron chi connectivity index (χ0n) is 11.2. The highest BCUT2D eigenvalue weighted by molar-refractivity contribution is 7.71. The highest BCUT2D eigenvalue weighted by atomic mass is 32.1. The first kappa shape index (κ1) is 13.3. The van der Waals surface area contributed by atoms with Gasteiger partial charge in [0.2, 0.25) is 10.6 Å². The zero-order chi connectivity index (χ0) is 14.7. The lowest BCUT2D eigenvalue weighted by molar-refractivity contribution is 0.414. The lowest BCUT2D eigenvalue weighted by Crippen LogP contribution is -1.96. The number of H-pyrrole nitrogens is 1. The van der Waals surface area contributed by atoms with E-state index in [1.165, 1.54) is 4.68 Å². The maximum atomic E-state index is 5.32. The topological polar surface area (TPSA) is 68.3 Å². The number of furan rings is 1. The van der Waals surface area contributed by atoms with E-state index in [1.807, 2.05) is 24.3 Å². The number of methoxy groups -OCH3 is 1. The molecule has 0 saturated carbocycles.